The van der Waals surface area contributed by atoms with E-state index < -0.39 is 0 Å². The summed E-state index contributed by atoms with van der Waals surface area (Å²) in [5, 5.41) is 10.6. The van der Waals surface area contributed by atoms with E-state index in [0.717, 1.165) is 27.2 Å². The molecular formula is C20H14N4OS. The minimum atomic E-state index is 0.391. The Balaban J connectivity index is 1.74. The lowest BCUT2D eigenvalue weighted by atomic mass is 10.2. The fourth-order valence-electron chi connectivity index (χ4n) is 2.62. The van der Waals surface area contributed by atoms with Crippen LogP contribution in [0, 0.1) is 11.3 Å². The topological polar surface area (TPSA) is 67.6 Å². The van der Waals surface area contributed by atoms with Gasteiger partial charge in [0, 0.05) is 0 Å². The van der Waals surface area contributed by atoms with Gasteiger partial charge in [-0.2, -0.15) is 5.26 Å². The second-order valence-corrected chi connectivity index (χ2v) is 6.52. The van der Waals surface area contributed by atoms with E-state index >= 15 is 0 Å². The third-order valence-corrected chi connectivity index (χ3v) is 4.76. The molecule has 126 valence electrons. The Hall–Kier alpha value is -3.30. The summed E-state index contributed by atoms with van der Waals surface area (Å²) in [5.41, 5.74) is 2.47. The molecule has 0 saturated carbocycles. The van der Waals surface area contributed by atoms with Gasteiger partial charge < -0.3 is 8.98 Å². The molecule has 0 unspecified atom stereocenters. The van der Waals surface area contributed by atoms with Crippen LogP contribution in [0.2, 0.25) is 0 Å². The first kappa shape index (κ1) is 16.2. The summed E-state index contributed by atoms with van der Waals surface area (Å²) in [6.07, 6.45) is 3.52. The number of nitrogens with zero attached hydrogens (tertiary/aromatic N) is 4. The highest BCUT2D eigenvalue weighted by molar-refractivity contribution is 7.99. The van der Waals surface area contributed by atoms with Crippen LogP contribution in [0.4, 0.5) is 0 Å². The zero-order chi connectivity index (χ0) is 17.8. The zero-order valence-electron chi connectivity index (χ0n) is 13.7. The molecule has 0 bridgehead atoms. The van der Waals surface area contributed by atoms with Crippen LogP contribution in [-0.2, 0) is 6.54 Å². The average molecular weight is 358 g/mol. The molecule has 5 nitrogen and oxygen atoms in total. The molecule has 3 aromatic heterocycles. The molecule has 0 N–H and O–H groups in total. The number of benzene rings is 1. The summed E-state index contributed by atoms with van der Waals surface area (Å²) in [5.74, 6) is 0.848. The molecule has 0 radical (unpaired) electrons. The van der Waals surface area contributed by atoms with Crippen LogP contribution in [-0.4, -0.2) is 14.5 Å². The van der Waals surface area contributed by atoms with Gasteiger partial charge in [-0.15, -0.1) is 0 Å². The molecule has 1 aromatic carbocycles. The predicted molar refractivity (Wildman–Crippen MR) is 98.5 cm³/mol. The summed E-state index contributed by atoms with van der Waals surface area (Å²) in [7, 11) is 0. The standard InChI is InChI=1S/C20H14N4OS/c21-12-16-8-4-10-19(23-16)26-20-22-13-18(15-6-2-1-3-7-15)24(20)14-17-9-5-11-25-17/h1-11,13H,14H2. The second-order valence-electron chi connectivity index (χ2n) is 5.53. The molecule has 6 heteroatoms. The first-order valence-corrected chi connectivity index (χ1v) is 8.83. The monoisotopic (exact) mass is 358 g/mol. The Kier molecular flexibility index (Phi) is 4.54. The molecule has 0 saturated heterocycles. The van der Waals surface area contributed by atoms with Crippen molar-refractivity contribution in [3.05, 3.63) is 84.6 Å². The van der Waals surface area contributed by atoms with Gasteiger partial charge in [0.25, 0.3) is 0 Å². The number of aromatic nitrogens is 3. The minimum absolute atomic E-state index is 0.391. The van der Waals surface area contributed by atoms with Crippen LogP contribution >= 0.6 is 11.8 Å². The summed E-state index contributed by atoms with van der Waals surface area (Å²) in [6, 6.07) is 21.4. The van der Waals surface area contributed by atoms with Gasteiger partial charge in [-0.1, -0.05) is 36.4 Å². The number of rotatable bonds is 5. The summed E-state index contributed by atoms with van der Waals surface area (Å²) in [4.78, 5) is 8.92. The van der Waals surface area contributed by atoms with Gasteiger partial charge in [-0.3, -0.25) is 0 Å². The quantitative estimate of drug-likeness (QED) is 0.521. The smallest absolute Gasteiger partial charge is 0.175 e. The number of pyridine rings is 1. The van der Waals surface area contributed by atoms with Crippen LogP contribution in [0.1, 0.15) is 11.5 Å². The Labute approximate surface area is 155 Å². The van der Waals surface area contributed by atoms with Crippen molar-refractivity contribution < 1.29 is 4.42 Å². The van der Waals surface area contributed by atoms with Crippen molar-refractivity contribution in [1.29, 1.82) is 5.26 Å². The minimum Gasteiger partial charge on any atom is -0.467 e. The van der Waals surface area contributed by atoms with Crippen LogP contribution < -0.4 is 0 Å². The van der Waals surface area contributed by atoms with E-state index in [1.807, 2.05) is 48.7 Å². The largest absolute Gasteiger partial charge is 0.467 e. The number of hydrogen-bond acceptors (Lipinski definition) is 5. The Morgan fingerprint density at radius 2 is 1.92 bits per heavy atom. The highest BCUT2D eigenvalue weighted by Gasteiger charge is 2.15. The van der Waals surface area contributed by atoms with Crippen LogP contribution in [0.3, 0.4) is 0 Å². The Morgan fingerprint density at radius 3 is 2.69 bits per heavy atom. The van der Waals surface area contributed by atoms with Crippen LogP contribution in [0.25, 0.3) is 11.3 Å². The van der Waals surface area contributed by atoms with E-state index in [0.29, 0.717) is 12.2 Å². The van der Waals surface area contributed by atoms with E-state index in [-0.39, 0.29) is 0 Å². The first-order chi connectivity index (χ1) is 12.8. The Bertz CT molecular complexity index is 1050. The van der Waals surface area contributed by atoms with E-state index in [1.54, 1.807) is 12.3 Å². The number of furan rings is 1. The molecule has 0 atom stereocenters. The van der Waals surface area contributed by atoms with E-state index in [1.165, 1.54) is 11.8 Å². The Morgan fingerprint density at radius 1 is 1.04 bits per heavy atom. The third kappa shape index (κ3) is 3.39. The number of hydrogen-bond donors (Lipinski definition) is 0. The molecule has 4 aromatic rings. The van der Waals surface area contributed by atoms with Gasteiger partial charge >= 0.3 is 0 Å². The third-order valence-electron chi connectivity index (χ3n) is 3.82. The van der Waals surface area contributed by atoms with E-state index in [2.05, 4.69) is 32.7 Å². The van der Waals surface area contributed by atoms with Gasteiger partial charge in [0.2, 0.25) is 0 Å². The highest BCUT2D eigenvalue weighted by Crippen LogP contribution is 2.31. The fourth-order valence-corrected chi connectivity index (χ4v) is 3.47. The maximum absolute atomic E-state index is 9.05. The fraction of sp³-hybridized carbons (Fsp3) is 0.0500. The normalized spacial score (nSPS) is 10.6. The van der Waals surface area contributed by atoms with Gasteiger partial charge in [0.1, 0.15) is 22.5 Å². The molecule has 0 amide bonds. The van der Waals surface area contributed by atoms with Crippen molar-refractivity contribution in [2.24, 2.45) is 0 Å². The van der Waals surface area contributed by atoms with Crippen molar-refractivity contribution in [2.45, 2.75) is 16.7 Å². The van der Waals surface area contributed by atoms with Gasteiger partial charge in [0.15, 0.2) is 5.16 Å². The molecule has 0 fully saturated rings. The first-order valence-electron chi connectivity index (χ1n) is 8.02. The van der Waals surface area contributed by atoms with Crippen molar-refractivity contribution in [3.63, 3.8) is 0 Å². The average Bonchev–Trinajstić information content (AvgIpc) is 3.34. The summed E-state index contributed by atoms with van der Waals surface area (Å²) >= 11 is 1.43. The highest BCUT2D eigenvalue weighted by atomic mass is 32.2. The molecule has 26 heavy (non-hydrogen) atoms. The molecule has 4 rings (SSSR count). The van der Waals surface area contributed by atoms with Gasteiger partial charge in [0.05, 0.1) is 24.7 Å². The number of nitriles is 1. The molecule has 0 aliphatic rings. The predicted octanol–water partition coefficient (Wildman–Crippen LogP) is 4.61. The lowest BCUT2D eigenvalue weighted by Gasteiger charge is -2.10. The van der Waals surface area contributed by atoms with Crippen LogP contribution in [0.15, 0.2) is 87.7 Å². The second kappa shape index (κ2) is 7.30. The molecule has 0 spiro atoms. The van der Waals surface area contributed by atoms with Gasteiger partial charge in [-0.25, -0.2) is 9.97 Å². The maximum atomic E-state index is 9.05. The lowest BCUT2D eigenvalue weighted by Crippen LogP contribution is -2.03. The van der Waals surface area contributed by atoms with Gasteiger partial charge in [-0.05, 0) is 41.6 Å². The van der Waals surface area contributed by atoms with Crippen molar-refractivity contribution in [1.82, 2.24) is 14.5 Å². The van der Waals surface area contributed by atoms with E-state index in [4.69, 9.17) is 9.68 Å². The molecule has 3 heterocycles. The van der Waals surface area contributed by atoms with Crippen molar-refractivity contribution in [3.8, 4) is 17.3 Å². The summed E-state index contributed by atoms with van der Waals surface area (Å²) < 4.78 is 7.62. The molecule has 0 aliphatic heterocycles. The van der Waals surface area contributed by atoms with Crippen molar-refractivity contribution in [2.75, 3.05) is 0 Å². The number of imidazole rings is 1. The molecule has 0 aliphatic carbocycles. The zero-order valence-corrected chi connectivity index (χ0v) is 14.6. The van der Waals surface area contributed by atoms with E-state index in [9.17, 15) is 0 Å². The summed E-state index contributed by atoms with van der Waals surface area (Å²) in [6.45, 7) is 0.567. The van der Waals surface area contributed by atoms with Crippen LogP contribution in [0.5, 0.6) is 0 Å². The SMILES string of the molecule is N#Cc1cccc(Sc2ncc(-c3ccccc3)n2Cc2ccco2)n1. The van der Waals surface area contributed by atoms with Crippen molar-refractivity contribution >= 4 is 11.8 Å². The molecular weight excluding hydrogens is 344 g/mol. The maximum Gasteiger partial charge on any atom is 0.175 e. The lowest BCUT2D eigenvalue weighted by molar-refractivity contribution is 0.485.